The van der Waals surface area contributed by atoms with Crippen LogP contribution in [0.3, 0.4) is 0 Å². The van der Waals surface area contributed by atoms with Crippen molar-refractivity contribution in [2.24, 2.45) is 0 Å². The van der Waals surface area contributed by atoms with Crippen molar-refractivity contribution in [1.82, 2.24) is 14.9 Å². The zero-order valence-corrected chi connectivity index (χ0v) is 14.2. The molecule has 0 saturated carbocycles. The minimum atomic E-state index is -0.0258. The van der Waals surface area contributed by atoms with Crippen molar-refractivity contribution in [3.05, 3.63) is 51.9 Å². The predicted octanol–water partition coefficient (Wildman–Crippen LogP) is 3.05. The number of aromatic nitrogens is 2. The van der Waals surface area contributed by atoms with Gasteiger partial charge in [-0.25, -0.2) is 9.97 Å². The number of nitrogens with zero attached hydrogens (tertiary/aromatic N) is 4. The Balaban J connectivity index is 1.66. The van der Waals surface area contributed by atoms with Crippen LogP contribution >= 0.6 is 23.2 Å². The van der Waals surface area contributed by atoms with Crippen molar-refractivity contribution in [1.29, 1.82) is 0 Å². The first kappa shape index (κ1) is 16.0. The van der Waals surface area contributed by atoms with E-state index in [9.17, 15) is 4.79 Å². The van der Waals surface area contributed by atoms with Gasteiger partial charge in [-0.15, -0.1) is 0 Å². The molecule has 23 heavy (non-hydrogen) atoms. The van der Waals surface area contributed by atoms with E-state index in [1.165, 1.54) is 0 Å². The summed E-state index contributed by atoms with van der Waals surface area (Å²) in [5, 5.41) is 0.847. The normalized spacial score (nSPS) is 14.9. The summed E-state index contributed by atoms with van der Waals surface area (Å²) in [6, 6.07) is 6.93. The molecule has 2 heterocycles. The molecule has 0 aliphatic carbocycles. The first-order valence-electron chi connectivity index (χ1n) is 7.32. The Hall–Kier alpha value is -1.85. The first-order chi connectivity index (χ1) is 11.0. The molecule has 0 radical (unpaired) electrons. The Labute approximate surface area is 144 Å². The van der Waals surface area contributed by atoms with E-state index < -0.39 is 0 Å². The lowest BCUT2D eigenvalue weighted by Crippen LogP contribution is -2.49. The Morgan fingerprint density at radius 2 is 1.78 bits per heavy atom. The molecule has 0 spiro atoms. The summed E-state index contributed by atoms with van der Waals surface area (Å²) in [5.74, 6) is 0.876. The molecule has 5 nitrogen and oxygen atoms in total. The second-order valence-corrected chi connectivity index (χ2v) is 6.24. The van der Waals surface area contributed by atoms with E-state index in [1.54, 1.807) is 24.5 Å². The van der Waals surface area contributed by atoms with E-state index >= 15 is 0 Å². The molecule has 2 aromatic rings. The number of anilines is 1. The number of hydrogen-bond acceptors (Lipinski definition) is 4. The van der Waals surface area contributed by atoms with Crippen molar-refractivity contribution in [3.63, 3.8) is 0 Å². The molecule has 1 aliphatic rings. The number of benzene rings is 1. The van der Waals surface area contributed by atoms with Crippen LogP contribution < -0.4 is 4.90 Å². The number of aryl methyl sites for hydroxylation is 1. The molecule has 0 bridgehead atoms. The minimum Gasteiger partial charge on any atom is -0.353 e. The van der Waals surface area contributed by atoms with Gasteiger partial charge in [-0.05, 0) is 25.1 Å². The highest BCUT2D eigenvalue weighted by Gasteiger charge is 2.23. The minimum absolute atomic E-state index is 0.0258. The van der Waals surface area contributed by atoms with Gasteiger partial charge in [0.2, 0.25) is 0 Å². The van der Waals surface area contributed by atoms with Crippen LogP contribution in [0.2, 0.25) is 10.0 Å². The maximum atomic E-state index is 12.5. The molecule has 1 aliphatic heterocycles. The maximum Gasteiger partial charge on any atom is 0.254 e. The van der Waals surface area contributed by atoms with Crippen LogP contribution in [0.4, 0.5) is 5.82 Å². The van der Waals surface area contributed by atoms with Crippen molar-refractivity contribution >= 4 is 34.9 Å². The molecule has 1 saturated heterocycles. The molecule has 0 unspecified atom stereocenters. The van der Waals surface area contributed by atoms with Gasteiger partial charge in [-0.3, -0.25) is 4.79 Å². The highest BCUT2D eigenvalue weighted by molar-refractivity contribution is 6.42. The fourth-order valence-corrected chi connectivity index (χ4v) is 2.86. The standard InChI is InChI=1S/C16H16Cl2N4O/c1-11-8-15(20-10-19-11)21-4-6-22(7-5-21)16(23)12-2-3-13(17)14(18)9-12/h2-3,8-10H,4-7H2,1H3. The summed E-state index contributed by atoms with van der Waals surface area (Å²) in [6.07, 6.45) is 1.57. The van der Waals surface area contributed by atoms with Crippen LogP contribution in [-0.4, -0.2) is 47.0 Å². The van der Waals surface area contributed by atoms with Gasteiger partial charge in [0.05, 0.1) is 10.0 Å². The zero-order chi connectivity index (χ0) is 16.4. The van der Waals surface area contributed by atoms with Gasteiger partial charge in [-0.1, -0.05) is 23.2 Å². The number of amides is 1. The van der Waals surface area contributed by atoms with Gasteiger partial charge in [-0.2, -0.15) is 0 Å². The number of carbonyl (C=O) groups excluding carboxylic acids is 1. The van der Waals surface area contributed by atoms with Crippen molar-refractivity contribution in [3.8, 4) is 0 Å². The molecule has 0 atom stereocenters. The fraction of sp³-hybridized carbons (Fsp3) is 0.312. The van der Waals surface area contributed by atoms with Crippen LogP contribution in [0, 0.1) is 6.92 Å². The highest BCUT2D eigenvalue weighted by atomic mass is 35.5. The molecule has 120 valence electrons. The van der Waals surface area contributed by atoms with E-state index in [1.807, 2.05) is 17.9 Å². The van der Waals surface area contributed by atoms with Gasteiger partial charge < -0.3 is 9.80 Å². The van der Waals surface area contributed by atoms with Crippen molar-refractivity contribution in [2.45, 2.75) is 6.92 Å². The molecule has 3 rings (SSSR count). The first-order valence-corrected chi connectivity index (χ1v) is 8.08. The summed E-state index contributed by atoms with van der Waals surface area (Å²) in [5.41, 5.74) is 1.50. The van der Waals surface area contributed by atoms with Crippen molar-refractivity contribution < 1.29 is 4.79 Å². The van der Waals surface area contributed by atoms with Crippen LogP contribution in [0.1, 0.15) is 16.1 Å². The monoisotopic (exact) mass is 350 g/mol. The zero-order valence-electron chi connectivity index (χ0n) is 12.7. The number of carbonyl (C=O) groups is 1. The topological polar surface area (TPSA) is 49.3 Å². The maximum absolute atomic E-state index is 12.5. The van der Waals surface area contributed by atoms with Crippen LogP contribution in [0.15, 0.2) is 30.6 Å². The largest absolute Gasteiger partial charge is 0.353 e. The predicted molar refractivity (Wildman–Crippen MR) is 91.3 cm³/mol. The van der Waals surface area contributed by atoms with E-state index in [0.29, 0.717) is 28.7 Å². The lowest BCUT2D eigenvalue weighted by molar-refractivity contribution is 0.0746. The summed E-state index contributed by atoms with van der Waals surface area (Å²) >= 11 is 11.9. The Kier molecular flexibility index (Phi) is 4.68. The van der Waals surface area contributed by atoms with Gasteiger partial charge in [0.1, 0.15) is 12.1 Å². The SMILES string of the molecule is Cc1cc(N2CCN(C(=O)c3ccc(Cl)c(Cl)c3)CC2)ncn1. The third-order valence-corrected chi connectivity index (χ3v) is 4.59. The molecular weight excluding hydrogens is 335 g/mol. The number of piperazine rings is 1. The highest BCUT2D eigenvalue weighted by Crippen LogP contribution is 2.23. The Bertz CT molecular complexity index is 730. The summed E-state index contributed by atoms with van der Waals surface area (Å²) in [4.78, 5) is 24.9. The smallest absolute Gasteiger partial charge is 0.254 e. The number of hydrogen-bond donors (Lipinski definition) is 0. The van der Waals surface area contributed by atoms with E-state index in [2.05, 4.69) is 14.9 Å². The second-order valence-electron chi connectivity index (χ2n) is 5.43. The van der Waals surface area contributed by atoms with Crippen LogP contribution in [0.25, 0.3) is 0 Å². The fourth-order valence-electron chi connectivity index (χ4n) is 2.56. The summed E-state index contributed by atoms with van der Waals surface area (Å²) in [6.45, 7) is 4.70. The van der Waals surface area contributed by atoms with Gasteiger partial charge in [0.25, 0.3) is 5.91 Å². The lowest BCUT2D eigenvalue weighted by atomic mass is 10.2. The van der Waals surface area contributed by atoms with Crippen molar-refractivity contribution in [2.75, 3.05) is 31.1 Å². The van der Waals surface area contributed by atoms with E-state index in [0.717, 1.165) is 24.6 Å². The lowest BCUT2D eigenvalue weighted by Gasteiger charge is -2.35. The van der Waals surface area contributed by atoms with Crippen LogP contribution in [-0.2, 0) is 0 Å². The van der Waals surface area contributed by atoms with Gasteiger partial charge in [0.15, 0.2) is 0 Å². The molecular formula is C16H16Cl2N4O. The van der Waals surface area contributed by atoms with E-state index in [-0.39, 0.29) is 5.91 Å². The molecule has 1 aromatic carbocycles. The molecule has 1 fully saturated rings. The molecule has 0 N–H and O–H groups in total. The van der Waals surface area contributed by atoms with E-state index in [4.69, 9.17) is 23.2 Å². The van der Waals surface area contributed by atoms with Crippen LogP contribution in [0.5, 0.6) is 0 Å². The average Bonchev–Trinajstić information content (AvgIpc) is 2.57. The third-order valence-electron chi connectivity index (χ3n) is 3.85. The molecule has 1 aromatic heterocycles. The number of rotatable bonds is 2. The van der Waals surface area contributed by atoms with Gasteiger partial charge in [0, 0.05) is 43.5 Å². The number of halogens is 2. The Morgan fingerprint density at radius 3 is 2.43 bits per heavy atom. The third kappa shape index (κ3) is 3.57. The van der Waals surface area contributed by atoms with Gasteiger partial charge >= 0.3 is 0 Å². The Morgan fingerprint density at radius 1 is 1.04 bits per heavy atom. The summed E-state index contributed by atoms with van der Waals surface area (Å²) < 4.78 is 0. The quantitative estimate of drug-likeness (QED) is 0.835. The summed E-state index contributed by atoms with van der Waals surface area (Å²) in [7, 11) is 0. The second kappa shape index (κ2) is 6.72. The molecule has 1 amide bonds. The average molecular weight is 351 g/mol. The molecule has 7 heteroatoms.